The molecule has 0 rings (SSSR count). The van der Waals surface area contributed by atoms with E-state index in [0.717, 1.165) is 0 Å². The molecule has 0 aliphatic heterocycles. The van der Waals surface area contributed by atoms with Crippen LogP contribution in [0.5, 0.6) is 0 Å². The molecule has 1 N–H and O–H groups in total. The summed E-state index contributed by atoms with van der Waals surface area (Å²) in [6.07, 6.45) is 1.72. The summed E-state index contributed by atoms with van der Waals surface area (Å²) >= 11 is 0. The summed E-state index contributed by atoms with van der Waals surface area (Å²) in [5.74, 6) is -0.953. The molecule has 0 spiro atoms. The first-order valence-corrected chi connectivity index (χ1v) is 2.65. The fourth-order valence-electron chi connectivity index (χ4n) is 0.343. The van der Waals surface area contributed by atoms with Crippen molar-refractivity contribution in [3.63, 3.8) is 0 Å². The van der Waals surface area contributed by atoms with E-state index in [4.69, 9.17) is 5.11 Å². The normalized spacial score (nSPS) is 11.1. The molecule has 2 nitrogen and oxygen atoms in total. The minimum Gasteiger partial charge on any atom is -0.478 e. The Labute approximate surface area is 54.5 Å². The standard InChI is InChI=1S/C7H10O2/c1-4-5(2)6(3)7(8)9/h4H,3H2,1-2H3,(H,8,9)/b5-4-. The molecule has 9 heavy (non-hydrogen) atoms. The Morgan fingerprint density at radius 1 is 1.67 bits per heavy atom. The van der Waals surface area contributed by atoms with Gasteiger partial charge in [0.1, 0.15) is 0 Å². The predicted octanol–water partition coefficient (Wildman–Crippen LogP) is 1.59. The molecule has 0 fully saturated rings. The summed E-state index contributed by atoms with van der Waals surface area (Å²) < 4.78 is 0. The zero-order chi connectivity index (χ0) is 7.44. The number of hydrogen-bond acceptors (Lipinski definition) is 1. The van der Waals surface area contributed by atoms with Crippen molar-refractivity contribution < 1.29 is 9.90 Å². The van der Waals surface area contributed by atoms with Gasteiger partial charge in [-0.15, -0.1) is 0 Å². The van der Waals surface area contributed by atoms with Crippen LogP contribution in [0.15, 0.2) is 23.8 Å². The highest BCUT2D eigenvalue weighted by atomic mass is 16.4. The van der Waals surface area contributed by atoms with Crippen molar-refractivity contribution in [1.82, 2.24) is 0 Å². The average Bonchev–Trinajstić information content (AvgIpc) is 1.84. The molecule has 0 amide bonds. The monoisotopic (exact) mass is 126 g/mol. The summed E-state index contributed by atoms with van der Waals surface area (Å²) in [6, 6.07) is 0. The lowest BCUT2D eigenvalue weighted by Crippen LogP contribution is -1.99. The van der Waals surface area contributed by atoms with E-state index in [9.17, 15) is 4.79 Å². The predicted molar refractivity (Wildman–Crippen MR) is 36.2 cm³/mol. The first kappa shape index (κ1) is 7.95. The van der Waals surface area contributed by atoms with Gasteiger partial charge in [-0.1, -0.05) is 12.7 Å². The lowest BCUT2D eigenvalue weighted by molar-refractivity contribution is -0.132. The van der Waals surface area contributed by atoms with Crippen molar-refractivity contribution in [2.24, 2.45) is 0 Å². The topological polar surface area (TPSA) is 37.3 Å². The van der Waals surface area contributed by atoms with Gasteiger partial charge in [0.25, 0.3) is 0 Å². The maximum absolute atomic E-state index is 10.2. The van der Waals surface area contributed by atoms with Crippen molar-refractivity contribution in [3.05, 3.63) is 23.8 Å². The molecule has 0 aliphatic carbocycles. The summed E-state index contributed by atoms with van der Waals surface area (Å²) in [7, 11) is 0. The number of rotatable bonds is 2. The third-order valence-corrected chi connectivity index (χ3v) is 1.17. The van der Waals surface area contributed by atoms with Crippen molar-refractivity contribution in [2.45, 2.75) is 13.8 Å². The molecular formula is C7H10O2. The van der Waals surface area contributed by atoms with Gasteiger partial charge in [0.15, 0.2) is 0 Å². The van der Waals surface area contributed by atoms with Crippen LogP contribution in [0.1, 0.15) is 13.8 Å². The molecule has 2 heteroatoms. The largest absolute Gasteiger partial charge is 0.478 e. The molecule has 0 radical (unpaired) electrons. The Morgan fingerprint density at radius 3 is 2.22 bits per heavy atom. The van der Waals surface area contributed by atoms with Gasteiger partial charge in [0.05, 0.1) is 5.57 Å². The van der Waals surface area contributed by atoms with Gasteiger partial charge in [-0.05, 0) is 19.4 Å². The van der Waals surface area contributed by atoms with Crippen LogP contribution in [0.25, 0.3) is 0 Å². The van der Waals surface area contributed by atoms with Crippen molar-refractivity contribution in [3.8, 4) is 0 Å². The van der Waals surface area contributed by atoms with Gasteiger partial charge in [-0.2, -0.15) is 0 Å². The lowest BCUT2D eigenvalue weighted by atomic mass is 10.1. The average molecular weight is 126 g/mol. The Kier molecular flexibility index (Phi) is 2.71. The Hall–Kier alpha value is -1.05. The maximum Gasteiger partial charge on any atom is 0.335 e. The van der Waals surface area contributed by atoms with E-state index < -0.39 is 5.97 Å². The molecule has 0 atom stereocenters. The second-order valence-electron chi connectivity index (χ2n) is 1.76. The molecule has 0 bridgehead atoms. The number of carbonyl (C=O) groups is 1. The second-order valence-corrected chi connectivity index (χ2v) is 1.76. The van der Waals surface area contributed by atoms with Gasteiger partial charge in [-0.25, -0.2) is 4.79 Å². The number of carboxylic acid groups (broad SMARTS) is 1. The molecular weight excluding hydrogens is 116 g/mol. The van der Waals surface area contributed by atoms with Crippen LogP contribution < -0.4 is 0 Å². The SMILES string of the molecule is C=C(C(=O)O)/C(C)=C\C. The van der Waals surface area contributed by atoms with E-state index in [1.807, 2.05) is 0 Å². The van der Waals surface area contributed by atoms with E-state index in [-0.39, 0.29) is 5.57 Å². The van der Waals surface area contributed by atoms with Gasteiger partial charge >= 0.3 is 5.97 Å². The minimum absolute atomic E-state index is 0.164. The highest BCUT2D eigenvalue weighted by molar-refractivity contribution is 5.90. The summed E-state index contributed by atoms with van der Waals surface area (Å²) in [4.78, 5) is 10.2. The summed E-state index contributed by atoms with van der Waals surface area (Å²) in [6.45, 7) is 6.86. The Bertz CT molecular complexity index is 166. The molecule has 0 aromatic rings. The first-order valence-electron chi connectivity index (χ1n) is 2.65. The van der Waals surface area contributed by atoms with Crippen molar-refractivity contribution >= 4 is 5.97 Å². The zero-order valence-electron chi connectivity index (χ0n) is 5.64. The molecule has 0 saturated carbocycles. The fourth-order valence-corrected chi connectivity index (χ4v) is 0.343. The van der Waals surface area contributed by atoms with Crippen molar-refractivity contribution in [1.29, 1.82) is 0 Å². The van der Waals surface area contributed by atoms with E-state index in [2.05, 4.69) is 6.58 Å². The smallest absolute Gasteiger partial charge is 0.335 e. The molecule has 0 aliphatic rings. The Morgan fingerprint density at radius 2 is 2.11 bits per heavy atom. The van der Waals surface area contributed by atoms with Gasteiger partial charge in [0.2, 0.25) is 0 Å². The molecule has 50 valence electrons. The third-order valence-electron chi connectivity index (χ3n) is 1.17. The molecule has 0 unspecified atom stereocenters. The highest BCUT2D eigenvalue weighted by Crippen LogP contribution is 2.04. The summed E-state index contributed by atoms with van der Waals surface area (Å²) in [5, 5.41) is 8.34. The second kappa shape index (κ2) is 3.07. The maximum atomic E-state index is 10.2. The van der Waals surface area contributed by atoms with Crippen LogP contribution in [0.2, 0.25) is 0 Å². The highest BCUT2D eigenvalue weighted by Gasteiger charge is 2.02. The minimum atomic E-state index is -0.953. The van der Waals surface area contributed by atoms with Crippen LogP contribution in [-0.2, 0) is 4.79 Å². The van der Waals surface area contributed by atoms with E-state index >= 15 is 0 Å². The number of hydrogen-bond donors (Lipinski definition) is 1. The lowest BCUT2D eigenvalue weighted by Gasteiger charge is -1.95. The zero-order valence-corrected chi connectivity index (χ0v) is 5.64. The van der Waals surface area contributed by atoms with Gasteiger partial charge in [0, 0.05) is 0 Å². The van der Waals surface area contributed by atoms with Crippen LogP contribution in [-0.4, -0.2) is 11.1 Å². The summed E-state index contributed by atoms with van der Waals surface area (Å²) in [5.41, 5.74) is 0.875. The van der Waals surface area contributed by atoms with Gasteiger partial charge < -0.3 is 5.11 Å². The quantitative estimate of drug-likeness (QED) is 0.450. The van der Waals surface area contributed by atoms with E-state index in [1.165, 1.54) is 0 Å². The van der Waals surface area contributed by atoms with Crippen LogP contribution >= 0.6 is 0 Å². The number of allylic oxidation sites excluding steroid dienone is 1. The van der Waals surface area contributed by atoms with Crippen molar-refractivity contribution in [2.75, 3.05) is 0 Å². The molecule has 0 aromatic heterocycles. The first-order chi connectivity index (χ1) is 4.09. The number of carboxylic acids is 1. The molecule has 0 aromatic carbocycles. The molecule has 0 saturated heterocycles. The fraction of sp³-hybridized carbons (Fsp3) is 0.286. The number of aliphatic carboxylic acids is 1. The van der Waals surface area contributed by atoms with Crippen LogP contribution in [0, 0.1) is 0 Å². The molecule has 0 heterocycles. The van der Waals surface area contributed by atoms with Crippen LogP contribution in [0.3, 0.4) is 0 Å². The van der Waals surface area contributed by atoms with Crippen LogP contribution in [0.4, 0.5) is 0 Å². The third kappa shape index (κ3) is 2.13. The van der Waals surface area contributed by atoms with E-state index in [1.54, 1.807) is 19.9 Å². The Balaban J connectivity index is 4.23. The van der Waals surface area contributed by atoms with Gasteiger partial charge in [-0.3, -0.25) is 0 Å². The van der Waals surface area contributed by atoms with E-state index in [0.29, 0.717) is 5.57 Å².